The van der Waals surface area contributed by atoms with E-state index in [1.165, 1.54) is 0 Å². The van der Waals surface area contributed by atoms with Gasteiger partial charge in [0.15, 0.2) is 0 Å². The minimum atomic E-state index is -0.439. The predicted molar refractivity (Wildman–Crippen MR) is 61.4 cm³/mol. The summed E-state index contributed by atoms with van der Waals surface area (Å²) in [4.78, 5) is 13.4. The van der Waals surface area contributed by atoms with Crippen molar-refractivity contribution >= 4 is 18.7 Å². The summed E-state index contributed by atoms with van der Waals surface area (Å²) >= 11 is 4.16. The van der Waals surface area contributed by atoms with Crippen LogP contribution in [0.1, 0.15) is 20.8 Å². The monoisotopic (exact) mass is 233 g/mol. The fraction of sp³-hybridized carbons (Fsp3) is 0.900. The number of hydrogen-bond donors (Lipinski definition) is 1. The third-order valence-electron chi connectivity index (χ3n) is 1.99. The second-order valence-corrected chi connectivity index (χ2v) is 4.97. The van der Waals surface area contributed by atoms with Crippen LogP contribution in [-0.2, 0) is 9.47 Å². The normalized spacial score (nSPS) is 22.7. The summed E-state index contributed by atoms with van der Waals surface area (Å²) in [6.07, 6.45) is -0.243. The molecule has 0 radical (unpaired) electrons. The minimum Gasteiger partial charge on any atom is -0.444 e. The molecule has 0 aromatic rings. The molecule has 1 fully saturated rings. The molecule has 15 heavy (non-hydrogen) atoms. The number of morpholine rings is 1. The van der Waals surface area contributed by atoms with Crippen LogP contribution in [0, 0.1) is 0 Å². The first-order chi connectivity index (χ1) is 6.92. The van der Waals surface area contributed by atoms with Crippen molar-refractivity contribution in [2.45, 2.75) is 32.5 Å². The van der Waals surface area contributed by atoms with E-state index in [1.54, 1.807) is 4.90 Å². The number of carbonyl (C=O) groups is 1. The van der Waals surface area contributed by atoms with E-state index in [-0.39, 0.29) is 12.2 Å². The molecule has 0 N–H and O–H groups in total. The summed E-state index contributed by atoms with van der Waals surface area (Å²) in [6.45, 7) is 7.31. The lowest BCUT2D eigenvalue weighted by Gasteiger charge is -2.33. The average molecular weight is 233 g/mol. The molecule has 1 atom stereocenters. The summed E-state index contributed by atoms with van der Waals surface area (Å²) in [7, 11) is 0. The van der Waals surface area contributed by atoms with Gasteiger partial charge in [0, 0.05) is 12.3 Å². The maximum absolute atomic E-state index is 11.7. The molecule has 1 aliphatic heterocycles. The summed E-state index contributed by atoms with van der Waals surface area (Å²) in [5.41, 5.74) is -0.439. The van der Waals surface area contributed by atoms with E-state index in [9.17, 15) is 4.79 Å². The number of nitrogens with zero attached hydrogens (tertiary/aromatic N) is 1. The van der Waals surface area contributed by atoms with Gasteiger partial charge in [-0.25, -0.2) is 4.79 Å². The highest BCUT2D eigenvalue weighted by atomic mass is 32.1. The first kappa shape index (κ1) is 12.6. The molecule has 1 heterocycles. The van der Waals surface area contributed by atoms with Crippen molar-refractivity contribution in [1.29, 1.82) is 0 Å². The molecule has 0 spiro atoms. The summed E-state index contributed by atoms with van der Waals surface area (Å²) in [6, 6.07) is 0. The Kier molecular flexibility index (Phi) is 4.28. The van der Waals surface area contributed by atoms with Gasteiger partial charge in [-0.15, -0.1) is 0 Å². The van der Waals surface area contributed by atoms with Gasteiger partial charge in [-0.05, 0) is 20.8 Å². The first-order valence-corrected chi connectivity index (χ1v) is 5.76. The van der Waals surface area contributed by atoms with Crippen molar-refractivity contribution < 1.29 is 14.3 Å². The number of rotatable bonds is 1. The Hall–Kier alpha value is -0.420. The van der Waals surface area contributed by atoms with E-state index in [0.717, 1.165) is 0 Å². The lowest BCUT2D eigenvalue weighted by Crippen LogP contribution is -2.48. The fourth-order valence-corrected chi connectivity index (χ4v) is 1.54. The van der Waals surface area contributed by atoms with Crippen molar-refractivity contribution in [3.05, 3.63) is 0 Å². The Morgan fingerprint density at radius 3 is 2.80 bits per heavy atom. The zero-order chi connectivity index (χ0) is 11.5. The molecule has 1 saturated heterocycles. The zero-order valence-corrected chi connectivity index (χ0v) is 10.4. The molecule has 1 unspecified atom stereocenters. The molecule has 1 aliphatic rings. The van der Waals surface area contributed by atoms with Crippen LogP contribution in [0.2, 0.25) is 0 Å². The molecular weight excluding hydrogens is 214 g/mol. The Bertz CT molecular complexity index is 227. The highest BCUT2D eigenvalue weighted by molar-refractivity contribution is 7.80. The quantitative estimate of drug-likeness (QED) is 0.698. The van der Waals surface area contributed by atoms with Gasteiger partial charge in [0.05, 0.1) is 19.3 Å². The van der Waals surface area contributed by atoms with Gasteiger partial charge in [-0.3, -0.25) is 0 Å². The number of ether oxygens (including phenoxy) is 2. The van der Waals surface area contributed by atoms with Crippen LogP contribution in [0.5, 0.6) is 0 Å². The molecule has 0 aromatic heterocycles. The predicted octanol–water partition coefficient (Wildman–Crippen LogP) is 1.55. The van der Waals surface area contributed by atoms with Gasteiger partial charge in [0.25, 0.3) is 0 Å². The van der Waals surface area contributed by atoms with Gasteiger partial charge in [-0.2, -0.15) is 12.6 Å². The van der Waals surface area contributed by atoms with Gasteiger partial charge >= 0.3 is 6.09 Å². The number of carbonyl (C=O) groups excluding carboxylic acids is 1. The Balaban J connectivity index is 2.45. The molecule has 5 heteroatoms. The van der Waals surface area contributed by atoms with Crippen molar-refractivity contribution in [2.75, 3.05) is 25.4 Å². The van der Waals surface area contributed by atoms with E-state index in [2.05, 4.69) is 12.6 Å². The van der Waals surface area contributed by atoms with E-state index >= 15 is 0 Å². The Labute approximate surface area is 96.3 Å². The maximum Gasteiger partial charge on any atom is 0.410 e. The molecule has 0 aromatic carbocycles. The third kappa shape index (κ3) is 4.30. The van der Waals surface area contributed by atoms with Crippen LogP contribution in [0.15, 0.2) is 0 Å². The van der Waals surface area contributed by atoms with E-state index in [1.807, 2.05) is 20.8 Å². The molecule has 0 aliphatic carbocycles. The molecular formula is C10H19NO3S. The molecule has 0 bridgehead atoms. The summed E-state index contributed by atoms with van der Waals surface area (Å²) in [5.74, 6) is 0.624. The second-order valence-electron chi connectivity index (χ2n) is 4.60. The van der Waals surface area contributed by atoms with Crippen LogP contribution in [0.25, 0.3) is 0 Å². The fourth-order valence-electron chi connectivity index (χ4n) is 1.32. The van der Waals surface area contributed by atoms with Gasteiger partial charge in [-0.1, -0.05) is 0 Å². The van der Waals surface area contributed by atoms with Crippen molar-refractivity contribution in [1.82, 2.24) is 4.90 Å². The number of amides is 1. The lowest BCUT2D eigenvalue weighted by atomic mass is 10.2. The van der Waals surface area contributed by atoms with E-state index < -0.39 is 5.60 Å². The van der Waals surface area contributed by atoms with Crippen molar-refractivity contribution in [2.24, 2.45) is 0 Å². The van der Waals surface area contributed by atoms with Crippen LogP contribution in [0.3, 0.4) is 0 Å². The van der Waals surface area contributed by atoms with Crippen LogP contribution in [0.4, 0.5) is 4.79 Å². The van der Waals surface area contributed by atoms with Gasteiger partial charge in [0.2, 0.25) is 0 Å². The summed E-state index contributed by atoms with van der Waals surface area (Å²) < 4.78 is 10.7. The zero-order valence-electron chi connectivity index (χ0n) is 9.52. The number of thiol groups is 1. The standard InChI is InChI=1S/C10H19NO3S/c1-10(2,3)14-9(12)11-4-5-13-8(6-11)7-15/h8,15H,4-7H2,1-3H3. The average Bonchev–Trinajstić information content (AvgIpc) is 2.15. The van der Waals surface area contributed by atoms with Gasteiger partial charge in [0.1, 0.15) is 5.60 Å². The highest BCUT2D eigenvalue weighted by Crippen LogP contribution is 2.13. The summed E-state index contributed by atoms with van der Waals surface area (Å²) in [5, 5.41) is 0. The topological polar surface area (TPSA) is 38.8 Å². The van der Waals surface area contributed by atoms with Gasteiger partial charge < -0.3 is 14.4 Å². The SMILES string of the molecule is CC(C)(C)OC(=O)N1CCOC(CS)C1. The molecule has 0 saturated carbocycles. The second kappa shape index (κ2) is 5.07. The third-order valence-corrected chi connectivity index (χ3v) is 2.40. The smallest absolute Gasteiger partial charge is 0.410 e. The van der Waals surface area contributed by atoms with Crippen LogP contribution < -0.4 is 0 Å². The number of hydrogen-bond acceptors (Lipinski definition) is 4. The Morgan fingerprint density at radius 2 is 2.27 bits per heavy atom. The van der Waals surface area contributed by atoms with E-state index in [4.69, 9.17) is 9.47 Å². The molecule has 4 nitrogen and oxygen atoms in total. The van der Waals surface area contributed by atoms with Crippen molar-refractivity contribution in [3.8, 4) is 0 Å². The van der Waals surface area contributed by atoms with E-state index in [0.29, 0.717) is 25.4 Å². The largest absolute Gasteiger partial charge is 0.444 e. The van der Waals surface area contributed by atoms with Crippen LogP contribution >= 0.6 is 12.6 Å². The lowest BCUT2D eigenvalue weighted by molar-refractivity contribution is -0.0336. The molecule has 88 valence electrons. The maximum atomic E-state index is 11.7. The van der Waals surface area contributed by atoms with Crippen LogP contribution in [-0.4, -0.2) is 48.1 Å². The Morgan fingerprint density at radius 1 is 1.60 bits per heavy atom. The molecule has 1 rings (SSSR count). The minimum absolute atomic E-state index is 0.0228. The van der Waals surface area contributed by atoms with Crippen molar-refractivity contribution in [3.63, 3.8) is 0 Å². The first-order valence-electron chi connectivity index (χ1n) is 5.13. The highest BCUT2D eigenvalue weighted by Gasteiger charge is 2.27. The molecule has 1 amide bonds.